The fraction of sp³-hybridized carbons (Fsp3) is 0.733. The first-order chi connectivity index (χ1) is 10.7. The molecular weight excluding hydrogens is 282 g/mol. The molecule has 1 aromatic rings. The van der Waals surface area contributed by atoms with E-state index in [2.05, 4.69) is 19.4 Å². The predicted molar refractivity (Wildman–Crippen MR) is 82.4 cm³/mol. The van der Waals surface area contributed by atoms with Gasteiger partial charge in [-0.3, -0.25) is 14.6 Å². The molecule has 3 heterocycles. The molecule has 1 aromatic heterocycles. The maximum Gasteiger partial charge on any atom is 0.241 e. The summed E-state index contributed by atoms with van der Waals surface area (Å²) >= 11 is 0. The molecule has 122 valence electrons. The molecule has 0 N–H and O–H groups in total. The van der Waals surface area contributed by atoms with Crippen LogP contribution in [0.15, 0.2) is 12.4 Å². The van der Waals surface area contributed by atoms with Crippen LogP contribution >= 0.6 is 0 Å². The highest BCUT2D eigenvalue weighted by Gasteiger charge is 2.37. The number of fused-ring (bicyclic) bond motifs is 1. The van der Waals surface area contributed by atoms with Gasteiger partial charge in [-0.2, -0.15) is 0 Å². The average Bonchev–Trinajstić information content (AvgIpc) is 2.96. The van der Waals surface area contributed by atoms with Crippen molar-refractivity contribution in [2.24, 2.45) is 0 Å². The summed E-state index contributed by atoms with van der Waals surface area (Å²) in [4.78, 5) is 23.3. The van der Waals surface area contributed by atoms with Crippen LogP contribution in [0.3, 0.4) is 0 Å². The van der Waals surface area contributed by atoms with Gasteiger partial charge in [0.1, 0.15) is 11.9 Å². The number of aromatic nitrogens is 2. The SMILES string of the molecule is COCCn1ccnc1CN1CCN2CCN(C)C(=O)[C@@H]2C1. The minimum Gasteiger partial charge on any atom is -0.383 e. The van der Waals surface area contributed by atoms with Gasteiger partial charge >= 0.3 is 0 Å². The molecule has 7 heteroatoms. The first-order valence-corrected chi connectivity index (χ1v) is 7.89. The Hall–Kier alpha value is -1.44. The summed E-state index contributed by atoms with van der Waals surface area (Å²) in [6, 6.07) is 0.00915. The summed E-state index contributed by atoms with van der Waals surface area (Å²) in [5.41, 5.74) is 0. The number of carbonyl (C=O) groups excluding carboxylic acids is 1. The first-order valence-electron chi connectivity index (χ1n) is 7.89. The highest BCUT2D eigenvalue weighted by molar-refractivity contribution is 5.82. The Balaban J connectivity index is 1.62. The smallest absolute Gasteiger partial charge is 0.241 e. The largest absolute Gasteiger partial charge is 0.383 e. The quantitative estimate of drug-likeness (QED) is 0.733. The third-order valence-corrected chi connectivity index (χ3v) is 4.66. The number of hydrogen-bond acceptors (Lipinski definition) is 5. The van der Waals surface area contributed by atoms with Gasteiger partial charge in [-0.25, -0.2) is 4.98 Å². The highest BCUT2D eigenvalue weighted by atomic mass is 16.5. The Labute approximate surface area is 131 Å². The fourth-order valence-electron chi connectivity index (χ4n) is 3.25. The van der Waals surface area contributed by atoms with Crippen molar-refractivity contribution in [2.75, 3.05) is 53.5 Å². The molecule has 0 unspecified atom stereocenters. The molecule has 2 aliphatic heterocycles. The fourth-order valence-corrected chi connectivity index (χ4v) is 3.25. The molecule has 7 nitrogen and oxygen atoms in total. The lowest BCUT2D eigenvalue weighted by molar-refractivity contribution is -0.143. The molecule has 3 rings (SSSR count). The lowest BCUT2D eigenvalue weighted by atomic mass is 10.1. The molecule has 2 aliphatic rings. The molecule has 0 aliphatic carbocycles. The van der Waals surface area contributed by atoms with Crippen LogP contribution in [0.4, 0.5) is 0 Å². The van der Waals surface area contributed by atoms with E-state index in [9.17, 15) is 4.79 Å². The number of rotatable bonds is 5. The second-order valence-electron chi connectivity index (χ2n) is 6.08. The number of hydrogen-bond donors (Lipinski definition) is 0. The number of likely N-dealkylation sites (N-methyl/N-ethyl adjacent to an activating group) is 1. The number of methoxy groups -OCH3 is 1. The van der Waals surface area contributed by atoms with E-state index >= 15 is 0 Å². The zero-order chi connectivity index (χ0) is 15.5. The van der Waals surface area contributed by atoms with Gasteiger partial charge < -0.3 is 14.2 Å². The Bertz CT molecular complexity index is 518. The maximum absolute atomic E-state index is 12.3. The molecule has 0 spiro atoms. The van der Waals surface area contributed by atoms with Crippen LogP contribution in [0.1, 0.15) is 5.82 Å². The van der Waals surface area contributed by atoms with Crippen molar-refractivity contribution < 1.29 is 9.53 Å². The van der Waals surface area contributed by atoms with Gasteiger partial charge in [0.05, 0.1) is 13.2 Å². The molecule has 2 fully saturated rings. The van der Waals surface area contributed by atoms with E-state index in [4.69, 9.17) is 4.74 Å². The summed E-state index contributed by atoms with van der Waals surface area (Å²) in [7, 11) is 3.61. The van der Waals surface area contributed by atoms with Crippen molar-refractivity contribution in [1.29, 1.82) is 0 Å². The summed E-state index contributed by atoms with van der Waals surface area (Å²) in [5, 5.41) is 0. The standard InChI is InChI=1S/C15H25N5O2/c1-17-5-7-19-8-6-18(11-13(19)15(17)21)12-14-16-3-4-20(14)9-10-22-2/h3-4,13H,5-12H2,1-2H3/t13-/m0/s1. The highest BCUT2D eigenvalue weighted by Crippen LogP contribution is 2.17. The zero-order valence-electron chi connectivity index (χ0n) is 13.4. The van der Waals surface area contributed by atoms with Crippen LogP contribution in [0, 0.1) is 0 Å². The van der Waals surface area contributed by atoms with Gasteiger partial charge in [-0.1, -0.05) is 0 Å². The summed E-state index contributed by atoms with van der Waals surface area (Å²) < 4.78 is 7.27. The van der Waals surface area contributed by atoms with Crippen molar-refractivity contribution in [1.82, 2.24) is 24.3 Å². The lowest BCUT2D eigenvalue weighted by Crippen LogP contribution is -2.63. The Morgan fingerprint density at radius 3 is 2.95 bits per heavy atom. The van der Waals surface area contributed by atoms with E-state index in [1.165, 1.54) is 0 Å². The summed E-state index contributed by atoms with van der Waals surface area (Å²) in [6.45, 7) is 6.87. The normalized spacial score (nSPS) is 23.8. The minimum absolute atomic E-state index is 0.00915. The minimum atomic E-state index is 0.00915. The summed E-state index contributed by atoms with van der Waals surface area (Å²) in [6.07, 6.45) is 3.82. The molecule has 0 saturated carbocycles. The number of ether oxygens (including phenoxy) is 1. The number of imidazole rings is 1. The van der Waals surface area contributed by atoms with Crippen molar-refractivity contribution in [3.8, 4) is 0 Å². The van der Waals surface area contributed by atoms with Crippen molar-refractivity contribution in [3.05, 3.63) is 18.2 Å². The third-order valence-electron chi connectivity index (χ3n) is 4.66. The Kier molecular flexibility index (Phi) is 4.75. The number of nitrogens with zero attached hydrogens (tertiary/aromatic N) is 5. The van der Waals surface area contributed by atoms with Crippen LogP contribution < -0.4 is 0 Å². The average molecular weight is 307 g/mol. The van der Waals surface area contributed by atoms with Gasteiger partial charge in [-0.15, -0.1) is 0 Å². The van der Waals surface area contributed by atoms with Crippen LogP contribution in [0.2, 0.25) is 0 Å². The van der Waals surface area contributed by atoms with E-state index in [1.54, 1.807) is 7.11 Å². The molecule has 22 heavy (non-hydrogen) atoms. The van der Waals surface area contributed by atoms with Crippen LogP contribution in [-0.4, -0.2) is 89.7 Å². The molecule has 1 atom stereocenters. The Morgan fingerprint density at radius 1 is 1.32 bits per heavy atom. The van der Waals surface area contributed by atoms with E-state index in [0.717, 1.165) is 51.6 Å². The van der Waals surface area contributed by atoms with Crippen LogP contribution in [0.25, 0.3) is 0 Å². The second-order valence-corrected chi connectivity index (χ2v) is 6.08. The lowest BCUT2D eigenvalue weighted by Gasteiger charge is -2.45. The molecule has 0 radical (unpaired) electrons. The van der Waals surface area contributed by atoms with Crippen LogP contribution in [-0.2, 0) is 22.6 Å². The zero-order valence-corrected chi connectivity index (χ0v) is 13.4. The van der Waals surface area contributed by atoms with Crippen molar-refractivity contribution in [2.45, 2.75) is 19.1 Å². The first kappa shape index (κ1) is 15.5. The van der Waals surface area contributed by atoms with E-state index < -0.39 is 0 Å². The molecule has 2 saturated heterocycles. The van der Waals surface area contributed by atoms with Gasteiger partial charge in [-0.05, 0) is 0 Å². The second kappa shape index (κ2) is 6.76. The molecule has 1 amide bonds. The monoisotopic (exact) mass is 307 g/mol. The van der Waals surface area contributed by atoms with Crippen molar-refractivity contribution >= 4 is 5.91 Å². The number of piperazine rings is 2. The molecular formula is C15H25N5O2. The number of amides is 1. The predicted octanol–water partition coefficient (Wildman–Crippen LogP) is -0.512. The Morgan fingerprint density at radius 2 is 2.14 bits per heavy atom. The third kappa shape index (κ3) is 3.16. The maximum atomic E-state index is 12.3. The van der Waals surface area contributed by atoms with Gasteiger partial charge in [0.15, 0.2) is 0 Å². The summed E-state index contributed by atoms with van der Waals surface area (Å²) in [5.74, 6) is 1.29. The molecule has 0 aromatic carbocycles. The van der Waals surface area contributed by atoms with E-state index in [1.807, 2.05) is 24.3 Å². The topological polar surface area (TPSA) is 53.8 Å². The van der Waals surface area contributed by atoms with Gasteiger partial charge in [0, 0.05) is 65.8 Å². The molecule has 0 bridgehead atoms. The van der Waals surface area contributed by atoms with E-state index in [-0.39, 0.29) is 11.9 Å². The van der Waals surface area contributed by atoms with Crippen molar-refractivity contribution in [3.63, 3.8) is 0 Å². The number of carbonyl (C=O) groups is 1. The van der Waals surface area contributed by atoms with Gasteiger partial charge in [0.2, 0.25) is 5.91 Å². The van der Waals surface area contributed by atoms with Gasteiger partial charge in [0.25, 0.3) is 0 Å². The van der Waals surface area contributed by atoms with E-state index in [0.29, 0.717) is 6.61 Å². The van der Waals surface area contributed by atoms with Crippen LogP contribution in [0.5, 0.6) is 0 Å².